The minimum atomic E-state index is -0.161. The highest BCUT2D eigenvalue weighted by molar-refractivity contribution is 5.79. The van der Waals surface area contributed by atoms with Crippen molar-refractivity contribution in [1.29, 1.82) is 0 Å². The Morgan fingerprint density at radius 3 is 2.48 bits per heavy atom. The van der Waals surface area contributed by atoms with Gasteiger partial charge in [0.25, 0.3) is 5.56 Å². The number of aromatic amines is 1. The third-order valence-corrected chi connectivity index (χ3v) is 7.19. The normalized spacial score (nSPS) is 12.1. The summed E-state index contributed by atoms with van der Waals surface area (Å²) in [7, 11) is 3.32. The molecule has 2 aromatic heterocycles. The molecule has 5 rings (SSSR count). The van der Waals surface area contributed by atoms with Gasteiger partial charge in [0.2, 0.25) is 0 Å². The molecule has 0 unspecified atom stereocenters. The third kappa shape index (κ3) is 5.89. The second-order valence-corrected chi connectivity index (χ2v) is 9.90. The summed E-state index contributed by atoms with van der Waals surface area (Å²) in [5, 5.41) is 13.8. The molecule has 0 spiro atoms. The average Bonchev–Trinajstić information content (AvgIpc) is 3.42. The van der Waals surface area contributed by atoms with Crippen molar-refractivity contribution in [2.75, 3.05) is 14.2 Å². The number of nitrogens with one attached hydrogen (secondary N) is 1. The molecule has 5 aromatic rings. The third-order valence-electron chi connectivity index (χ3n) is 7.19. The molecule has 0 bridgehead atoms. The van der Waals surface area contributed by atoms with Crippen LogP contribution in [0.5, 0.6) is 11.5 Å². The van der Waals surface area contributed by atoms with E-state index >= 15 is 0 Å². The van der Waals surface area contributed by atoms with Crippen LogP contribution in [-0.2, 0) is 19.6 Å². The number of para-hydroxylation sites is 1. The largest absolute Gasteiger partial charge is 0.497 e. The number of benzene rings is 3. The Bertz CT molecular complexity index is 1640. The van der Waals surface area contributed by atoms with E-state index < -0.39 is 0 Å². The standard InChI is InChI=1S/C31H34N6O3/c1-5-28(30-33-34-35-37(30)18-22-11-13-26(39-3)14-12-22)36(19-23-8-6-7-9-29(23)40-4)20-25-17-24-16-21(2)10-15-27(24)32-31(25)38/h6-17,28H,5,18-20H2,1-4H3,(H,32,38)/t28-/m0/s1. The van der Waals surface area contributed by atoms with Crippen LogP contribution in [0.2, 0.25) is 0 Å². The van der Waals surface area contributed by atoms with Crippen LogP contribution >= 0.6 is 0 Å². The highest BCUT2D eigenvalue weighted by atomic mass is 16.5. The Morgan fingerprint density at radius 1 is 0.950 bits per heavy atom. The molecule has 9 nitrogen and oxygen atoms in total. The topological polar surface area (TPSA) is 98.2 Å². The molecular formula is C31H34N6O3. The maximum atomic E-state index is 13.2. The van der Waals surface area contributed by atoms with E-state index in [1.807, 2.05) is 78.3 Å². The molecule has 40 heavy (non-hydrogen) atoms. The number of aromatic nitrogens is 5. The molecule has 0 radical (unpaired) electrons. The number of hydrogen-bond donors (Lipinski definition) is 1. The fourth-order valence-electron chi connectivity index (χ4n) is 5.11. The SMILES string of the molecule is CC[C@@H](c1nnnn1Cc1ccc(OC)cc1)N(Cc1ccccc1OC)Cc1cc2cc(C)ccc2[nH]c1=O. The number of tetrazole rings is 1. The van der Waals surface area contributed by atoms with Crippen LogP contribution in [0.25, 0.3) is 10.9 Å². The molecule has 0 amide bonds. The van der Waals surface area contributed by atoms with Gasteiger partial charge < -0.3 is 14.5 Å². The van der Waals surface area contributed by atoms with Gasteiger partial charge in [0, 0.05) is 29.7 Å². The lowest BCUT2D eigenvalue weighted by Gasteiger charge is -2.30. The van der Waals surface area contributed by atoms with Gasteiger partial charge in [0.15, 0.2) is 5.82 Å². The van der Waals surface area contributed by atoms with Crippen LogP contribution in [0, 0.1) is 6.92 Å². The van der Waals surface area contributed by atoms with Crippen molar-refractivity contribution in [2.45, 2.75) is 45.9 Å². The van der Waals surface area contributed by atoms with Gasteiger partial charge in [-0.1, -0.05) is 48.9 Å². The van der Waals surface area contributed by atoms with E-state index in [9.17, 15) is 4.79 Å². The van der Waals surface area contributed by atoms with E-state index in [1.165, 1.54) is 0 Å². The average molecular weight is 539 g/mol. The minimum Gasteiger partial charge on any atom is -0.497 e. The van der Waals surface area contributed by atoms with Crippen molar-refractivity contribution in [3.05, 3.63) is 111 Å². The molecule has 1 N–H and O–H groups in total. The Hall–Kier alpha value is -4.50. The van der Waals surface area contributed by atoms with Crippen molar-refractivity contribution < 1.29 is 9.47 Å². The zero-order valence-electron chi connectivity index (χ0n) is 23.3. The summed E-state index contributed by atoms with van der Waals surface area (Å²) in [5.74, 6) is 2.33. The van der Waals surface area contributed by atoms with Crippen molar-refractivity contribution >= 4 is 10.9 Å². The first-order valence-electron chi connectivity index (χ1n) is 13.4. The number of rotatable bonds is 11. The maximum absolute atomic E-state index is 13.2. The summed E-state index contributed by atoms with van der Waals surface area (Å²) in [6.45, 7) is 5.63. The van der Waals surface area contributed by atoms with Gasteiger partial charge in [-0.2, -0.15) is 0 Å². The van der Waals surface area contributed by atoms with Crippen LogP contribution < -0.4 is 15.0 Å². The van der Waals surface area contributed by atoms with Crippen LogP contribution in [0.1, 0.15) is 47.5 Å². The molecule has 0 fully saturated rings. The van der Waals surface area contributed by atoms with Crippen LogP contribution in [0.4, 0.5) is 0 Å². The molecular weight excluding hydrogens is 504 g/mol. The number of methoxy groups -OCH3 is 2. The van der Waals surface area contributed by atoms with Crippen LogP contribution in [-0.4, -0.2) is 44.3 Å². The lowest BCUT2D eigenvalue weighted by molar-refractivity contribution is 0.159. The van der Waals surface area contributed by atoms with Gasteiger partial charge in [-0.3, -0.25) is 9.69 Å². The van der Waals surface area contributed by atoms with Crippen molar-refractivity contribution in [1.82, 2.24) is 30.1 Å². The zero-order chi connectivity index (χ0) is 28.1. The second-order valence-electron chi connectivity index (χ2n) is 9.90. The quantitative estimate of drug-likeness (QED) is 0.252. The predicted octanol–water partition coefficient (Wildman–Crippen LogP) is 5.04. The summed E-state index contributed by atoms with van der Waals surface area (Å²) in [4.78, 5) is 18.5. The molecule has 2 heterocycles. The first-order chi connectivity index (χ1) is 19.5. The molecule has 1 atom stereocenters. The first kappa shape index (κ1) is 27.1. The summed E-state index contributed by atoms with van der Waals surface area (Å²) in [5.41, 5.74) is 4.62. The Balaban J connectivity index is 1.53. The molecule has 3 aromatic carbocycles. The van der Waals surface area contributed by atoms with E-state index in [0.717, 1.165) is 51.3 Å². The number of nitrogens with zero attached hydrogens (tertiary/aromatic N) is 5. The van der Waals surface area contributed by atoms with Gasteiger partial charge in [-0.15, -0.1) is 5.10 Å². The van der Waals surface area contributed by atoms with E-state index in [0.29, 0.717) is 25.2 Å². The maximum Gasteiger partial charge on any atom is 0.252 e. The van der Waals surface area contributed by atoms with E-state index in [-0.39, 0.29) is 11.6 Å². The highest BCUT2D eigenvalue weighted by Crippen LogP contribution is 2.29. The Morgan fingerprint density at radius 2 is 1.73 bits per heavy atom. The van der Waals surface area contributed by atoms with Gasteiger partial charge >= 0.3 is 0 Å². The molecule has 0 aliphatic heterocycles. The van der Waals surface area contributed by atoms with Crippen molar-refractivity contribution in [3.8, 4) is 11.5 Å². The monoisotopic (exact) mass is 538 g/mol. The van der Waals surface area contributed by atoms with Crippen molar-refractivity contribution in [2.24, 2.45) is 0 Å². The number of ether oxygens (including phenoxy) is 2. The molecule has 9 heteroatoms. The van der Waals surface area contributed by atoms with Gasteiger partial charge in [-0.25, -0.2) is 4.68 Å². The molecule has 0 aliphatic carbocycles. The van der Waals surface area contributed by atoms with E-state index in [1.54, 1.807) is 14.2 Å². The van der Waals surface area contributed by atoms with Crippen molar-refractivity contribution in [3.63, 3.8) is 0 Å². The zero-order valence-corrected chi connectivity index (χ0v) is 23.3. The number of H-pyrrole nitrogens is 1. The number of aryl methyl sites for hydroxylation is 1. The number of hydrogen-bond acceptors (Lipinski definition) is 7. The van der Waals surface area contributed by atoms with E-state index in [2.05, 4.69) is 38.4 Å². The fourth-order valence-corrected chi connectivity index (χ4v) is 5.11. The van der Waals surface area contributed by atoms with Gasteiger partial charge in [-0.05, 0) is 71.1 Å². The number of pyridine rings is 1. The smallest absolute Gasteiger partial charge is 0.252 e. The lowest BCUT2D eigenvalue weighted by Crippen LogP contribution is -2.32. The molecule has 206 valence electrons. The predicted molar refractivity (Wildman–Crippen MR) is 154 cm³/mol. The highest BCUT2D eigenvalue weighted by Gasteiger charge is 2.27. The minimum absolute atomic E-state index is 0.103. The molecule has 0 aliphatic rings. The molecule has 0 saturated heterocycles. The summed E-state index contributed by atoms with van der Waals surface area (Å²) in [6.07, 6.45) is 0.739. The van der Waals surface area contributed by atoms with Gasteiger partial charge in [0.05, 0.1) is 26.8 Å². The summed E-state index contributed by atoms with van der Waals surface area (Å²) < 4.78 is 12.8. The van der Waals surface area contributed by atoms with Crippen LogP contribution in [0.15, 0.2) is 77.6 Å². The summed E-state index contributed by atoms with van der Waals surface area (Å²) in [6, 6.07) is 23.7. The Labute approximate surface area is 233 Å². The second kappa shape index (κ2) is 12.1. The molecule has 0 saturated carbocycles. The fraction of sp³-hybridized carbons (Fsp3) is 0.290. The Kier molecular flexibility index (Phi) is 8.21. The lowest BCUT2D eigenvalue weighted by atomic mass is 10.1. The summed E-state index contributed by atoms with van der Waals surface area (Å²) >= 11 is 0. The number of fused-ring (bicyclic) bond motifs is 1. The van der Waals surface area contributed by atoms with E-state index in [4.69, 9.17) is 9.47 Å². The van der Waals surface area contributed by atoms with Gasteiger partial charge in [0.1, 0.15) is 11.5 Å². The first-order valence-corrected chi connectivity index (χ1v) is 13.4. The van der Waals surface area contributed by atoms with Crippen LogP contribution in [0.3, 0.4) is 0 Å².